The lowest BCUT2D eigenvalue weighted by atomic mass is 10.2. The van der Waals surface area contributed by atoms with E-state index in [1.807, 2.05) is 0 Å². The van der Waals surface area contributed by atoms with E-state index in [-0.39, 0.29) is 17.8 Å². The van der Waals surface area contributed by atoms with E-state index in [1.165, 1.54) is 0 Å². The molecule has 1 saturated heterocycles. The summed E-state index contributed by atoms with van der Waals surface area (Å²) in [4.78, 5) is 3.64. The summed E-state index contributed by atoms with van der Waals surface area (Å²) in [7, 11) is 0. The predicted octanol–water partition coefficient (Wildman–Crippen LogP) is 0.570. The molecular formula is C8H10F3N3O2. The van der Waals surface area contributed by atoms with Gasteiger partial charge in [0.25, 0.3) is 0 Å². The largest absolute Gasteiger partial charge is 0.396 e. The molecule has 0 unspecified atom stereocenters. The van der Waals surface area contributed by atoms with Crippen LogP contribution >= 0.6 is 0 Å². The molecule has 0 spiro atoms. The molecule has 1 aromatic rings. The van der Waals surface area contributed by atoms with Crippen molar-refractivity contribution in [3.8, 4) is 0 Å². The first-order chi connectivity index (χ1) is 7.44. The van der Waals surface area contributed by atoms with Crippen LogP contribution in [0.25, 0.3) is 0 Å². The van der Waals surface area contributed by atoms with Gasteiger partial charge in [-0.25, -0.2) is 0 Å². The number of hydrogen-bond acceptors (Lipinski definition) is 5. The van der Waals surface area contributed by atoms with Gasteiger partial charge in [-0.1, -0.05) is 5.16 Å². The van der Waals surface area contributed by atoms with Gasteiger partial charge >= 0.3 is 6.18 Å². The van der Waals surface area contributed by atoms with Crippen LogP contribution in [0.4, 0.5) is 13.2 Å². The molecule has 16 heavy (non-hydrogen) atoms. The molecule has 1 aromatic heterocycles. The lowest BCUT2D eigenvalue weighted by molar-refractivity contribution is -0.128. The summed E-state index contributed by atoms with van der Waals surface area (Å²) in [6.07, 6.45) is -5.70. The number of nitrogens with one attached hydrogen (secondary N) is 1. The minimum absolute atomic E-state index is 0.0933. The number of β-amino-alcohol motifs (C(OH)–C–C–N with tert-alkyl or cyclic N) is 1. The van der Waals surface area contributed by atoms with Crippen LogP contribution in [0, 0.1) is 0 Å². The van der Waals surface area contributed by atoms with Crippen LogP contribution in [0.3, 0.4) is 0 Å². The summed E-state index contributed by atoms with van der Waals surface area (Å²) in [5.41, 5.74) is 0. The van der Waals surface area contributed by atoms with Crippen LogP contribution in [-0.4, -0.2) is 34.1 Å². The number of nitrogens with zero attached hydrogens (tertiary/aromatic N) is 2. The van der Waals surface area contributed by atoms with Crippen LogP contribution in [-0.2, 0) is 6.42 Å². The Bertz CT molecular complexity index is 366. The van der Waals surface area contributed by atoms with Crippen molar-refractivity contribution in [3.05, 3.63) is 11.7 Å². The van der Waals surface area contributed by atoms with Gasteiger partial charge in [0.05, 0.1) is 12.1 Å². The molecule has 2 N–H and O–H groups in total. The van der Waals surface area contributed by atoms with Crippen LogP contribution in [0.1, 0.15) is 24.2 Å². The van der Waals surface area contributed by atoms with Crippen molar-refractivity contribution in [2.24, 2.45) is 0 Å². The predicted molar refractivity (Wildman–Crippen MR) is 45.4 cm³/mol. The Labute approximate surface area is 88.6 Å². The molecule has 0 saturated carbocycles. The number of aromatic nitrogens is 2. The topological polar surface area (TPSA) is 71.2 Å². The SMILES string of the molecule is O[C@H]1CN[C@H](c2nc(CC(F)(F)F)no2)C1. The van der Waals surface area contributed by atoms with E-state index in [0.717, 1.165) is 0 Å². The van der Waals surface area contributed by atoms with Crippen molar-refractivity contribution in [2.45, 2.75) is 31.2 Å². The number of aliphatic hydroxyl groups excluding tert-OH is 1. The highest BCUT2D eigenvalue weighted by Gasteiger charge is 2.33. The van der Waals surface area contributed by atoms with E-state index in [1.54, 1.807) is 0 Å². The monoisotopic (exact) mass is 237 g/mol. The van der Waals surface area contributed by atoms with Gasteiger partial charge in [-0.15, -0.1) is 0 Å². The highest BCUT2D eigenvalue weighted by molar-refractivity contribution is 4.98. The molecule has 0 aliphatic carbocycles. The fourth-order valence-electron chi connectivity index (χ4n) is 1.57. The molecule has 90 valence electrons. The normalized spacial score (nSPS) is 26.2. The molecule has 2 heterocycles. The fraction of sp³-hybridized carbons (Fsp3) is 0.750. The number of hydrogen-bond donors (Lipinski definition) is 2. The highest BCUT2D eigenvalue weighted by atomic mass is 19.4. The van der Waals surface area contributed by atoms with Gasteiger partial charge in [-0.2, -0.15) is 18.2 Å². The summed E-state index contributed by atoms with van der Waals surface area (Å²) in [5, 5.41) is 15.3. The van der Waals surface area contributed by atoms with E-state index in [4.69, 9.17) is 4.52 Å². The highest BCUT2D eigenvalue weighted by Crippen LogP contribution is 2.24. The van der Waals surface area contributed by atoms with Crippen LogP contribution in [0.2, 0.25) is 0 Å². The van der Waals surface area contributed by atoms with Crippen molar-refractivity contribution < 1.29 is 22.8 Å². The zero-order valence-corrected chi connectivity index (χ0v) is 8.16. The van der Waals surface area contributed by atoms with E-state index < -0.39 is 18.7 Å². The van der Waals surface area contributed by atoms with Crippen molar-refractivity contribution >= 4 is 0 Å². The molecule has 0 bridgehead atoms. The van der Waals surface area contributed by atoms with E-state index in [2.05, 4.69) is 15.5 Å². The molecular weight excluding hydrogens is 227 g/mol. The maximum atomic E-state index is 12.0. The van der Waals surface area contributed by atoms with Crippen molar-refractivity contribution in [3.63, 3.8) is 0 Å². The second-order valence-electron chi connectivity index (χ2n) is 3.69. The zero-order valence-electron chi connectivity index (χ0n) is 8.16. The summed E-state index contributed by atoms with van der Waals surface area (Å²) < 4.78 is 40.7. The number of rotatable bonds is 2. The average molecular weight is 237 g/mol. The molecule has 1 aliphatic rings. The minimum Gasteiger partial charge on any atom is -0.392 e. The number of halogens is 3. The second kappa shape index (κ2) is 4.02. The van der Waals surface area contributed by atoms with Crippen LogP contribution < -0.4 is 5.32 Å². The van der Waals surface area contributed by atoms with Crippen molar-refractivity contribution in [1.82, 2.24) is 15.5 Å². The number of aliphatic hydroxyl groups is 1. The summed E-state index contributed by atoms with van der Waals surface area (Å²) >= 11 is 0. The third kappa shape index (κ3) is 2.70. The molecule has 2 rings (SSSR count). The van der Waals surface area contributed by atoms with E-state index in [9.17, 15) is 18.3 Å². The standard InChI is InChI=1S/C8H10F3N3O2/c9-8(10,11)2-6-13-7(16-14-6)5-1-4(15)3-12-5/h4-5,12,15H,1-3H2/t4-,5+/m1/s1. The molecule has 1 fully saturated rings. The van der Waals surface area contributed by atoms with E-state index >= 15 is 0 Å². The average Bonchev–Trinajstić information content (AvgIpc) is 2.71. The Kier molecular flexibility index (Phi) is 2.85. The van der Waals surface area contributed by atoms with Gasteiger partial charge in [-0.05, 0) is 6.42 Å². The summed E-state index contributed by atoms with van der Waals surface area (Å²) in [6.45, 7) is 0.377. The summed E-state index contributed by atoms with van der Waals surface area (Å²) in [5.74, 6) is -0.290. The molecule has 5 nitrogen and oxygen atoms in total. The second-order valence-corrected chi connectivity index (χ2v) is 3.69. The smallest absolute Gasteiger partial charge is 0.392 e. The van der Waals surface area contributed by atoms with Gasteiger partial charge < -0.3 is 14.9 Å². The lowest BCUT2D eigenvalue weighted by Gasteiger charge is -2.02. The quantitative estimate of drug-likeness (QED) is 0.786. The third-order valence-corrected chi connectivity index (χ3v) is 2.25. The molecule has 8 heteroatoms. The third-order valence-electron chi connectivity index (χ3n) is 2.25. The van der Waals surface area contributed by atoms with Crippen molar-refractivity contribution in [2.75, 3.05) is 6.54 Å². The Balaban J connectivity index is 2.02. The first kappa shape index (κ1) is 11.3. The molecule has 0 radical (unpaired) electrons. The Hall–Kier alpha value is -1.15. The van der Waals surface area contributed by atoms with Gasteiger partial charge in [0.1, 0.15) is 6.42 Å². The molecule has 0 aromatic carbocycles. The lowest BCUT2D eigenvalue weighted by Crippen LogP contribution is -2.15. The van der Waals surface area contributed by atoms with Gasteiger partial charge in [0, 0.05) is 6.54 Å². The van der Waals surface area contributed by atoms with Crippen LogP contribution in [0.15, 0.2) is 4.52 Å². The van der Waals surface area contributed by atoms with Gasteiger partial charge in [-0.3, -0.25) is 0 Å². The minimum atomic E-state index is -4.34. The van der Waals surface area contributed by atoms with Crippen LogP contribution in [0.5, 0.6) is 0 Å². The van der Waals surface area contributed by atoms with E-state index in [0.29, 0.717) is 13.0 Å². The molecule has 0 amide bonds. The molecule has 2 atom stereocenters. The Morgan fingerprint density at radius 2 is 2.25 bits per heavy atom. The van der Waals surface area contributed by atoms with Gasteiger partial charge in [0.15, 0.2) is 5.82 Å². The zero-order chi connectivity index (χ0) is 11.8. The maximum absolute atomic E-state index is 12.0. The Morgan fingerprint density at radius 3 is 2.81 bits per heavy atom. The molecule has 1 aliphatic heterocycles. The van der Waals surface area contributed by atoms with Gasteiger partial charge in [0.2, 0.25) is 5.89 Å². The van der Waals surface area contributed by atoms with Crippen molar-refractivity contribution in [1.29, 1.82) is 0 Å². The first-order valence-electron chi connectivity index (χ1n) is 4.75. The first-order valence-corrected chi connectivity index (χ1v) is 4.75. The number of alkyl halides is 3. The Morgan fingerprint density at radius 1 is 1.50 bits per heavy atom. The fourth-order valence-corrected chi connectivity index (χ4v) is 1.57. The maximum Gasteiger partial charge on any atom is 0.396 e. The summed E-state index contributed by atoms with van der Waals surface area (Å²) in [6, 6.07) is -0.357.